The highest BCUT2D eigenvalue weighted by atomic mass is 32.1. The van der Waals surface area contributed by atoms with E-state index in [1.807, 2.05) is 6.07 Å². The number of nitrogens with zero attached hydrogens (tertiary/aromatic N) is 2. The third-order valence-electron chi connectivity index (χ3n) is 1.86. The lowest BCUT2D eigenvalue weighted by atomic mass is 10.3. The van der Waals surface area contributed by atoms with Gasteiger partial charge in [0.1, 0.15) is 10.8 Å². The molecule has 14 heavy (non-hydrogen) atoms. The largest absolute Gasteiger partial charge is 0.383 e. The van der Waals surface area contributed by atoms with Crippen LogP contribution in [0.3, 0.4) is 0 Å². The number of hydrogen-bond donors (Lipinski definition) is 2. The van der Waals surface area contributed by atoms with Crippen LogP contribution in [0.2, 0.25) is 0 Å². The van der Waals surface area contributed by atoms with E-state index in [4.69, 9.17) is 5.73 Å². The molecular weight excluding hydrogens is 196 g/mol. The number of aromatic nitrogens is 1. The van der Waals surface area contributed by atoms with Crippen molar-refractivity contribution in [3.63, 3.8) is 0 Å². The van der Waals surface area contributed by atoms with Gasteiger partial charge in [0, 0.05) is 12.6 Å². The highest BCUT2D eigenvalue weighted by molar-refractivity contribution is 7.10. The van der Waals surface area contributed by atoms with Crippen LogP contribution in [0.5, 0.6) is 0 Å². The molecule has 0 aromatic carbocycles. The summed E-state index contributed by atoms with van der Waals surface area (Å²) in [6, 6.07) is 1.87. The minimum absolute atomic E-state index is 0.603. The molecule has 4 nitrogen and oxygen atoms in total. The highest BCUT2D eigenvalue weighted by Gasteiger charge is 1.96. The third-order valence-corrected chi connectivity index (χ3v) is 2.62. The molecule has 1 aromatic heterocycles. The lowest BCUT2D eigenvalue weighted by Gasteiger charge is -2.08. The summed E-state index contributed by atoms with van der Waals surface area (Å²) in [4.78, 5) is 2.20. The number of hydrogen-bond acceptors (Lipinski definition) is 5. The number of nitrogens with one attached hydrogen (secondary N) is 1. The molecule has 0 spiro atoms. The fraction of sp³-hybridized carbons (Fsp3) is 0.667. The van der Waals surface area contributed by atoms with Crippen LogP contribution in [0.1, 0.15) is 12.8 Å². The molecule has 0 aliphatic carbocycles. The zero-order chi connectivity index (χ0) is 10.4. The first-order valence-corrected chi connectivity index (χ1v) is 5.56. The fourth-order valence-electron chi connectivity index (χ4n) is 1.14. The molecule has 0 saturated heterocycles. The van der Waals surface area contributed by atoms with Gasteiger partial charge in [0.15, 0.2) is 0 Å². The summed E-state index contributed by atoms with van der Waals surface area (Å²) in [6.45, 7) is 2.14. The minimum Gasteiger partial charge on any atom is -0.383 e. The van der Waals surface area contributed by atoms with E-state index >= 15 is 0 Å². The Hall–Kier alpha value is -0.810. The predicted octanol–water partition coefficient (Wildman–Crippen LogP) is 1.48. The maximum atomic E-state index is 5.50. The Kier molecular flexibility index (Phi) is 4.69. The van der Waals surface area contributed by atoms with Crippen LogP contribution < -0.4 is 11.1 Å². The first-order valence-electron chi connectivity index (χ1n) is 4.79. The highest BCUT2D eigenvalue weighted by Crippen LogP contribution is 2.17. The first-order chi connectivity index (χ1) is 6.68. The molecule has 0 unspecified atom stereocenters. The van der Waals surface area contributed by atoms with Crippen molar-refractivity contribution in [2.24, 2.45) is 0 Å². The molecule has 80 valence electrons. The lowest BCUT2D eigenvalue weighted by molar-refractivity contribution is 0.396. The summed E-state index contributed by atoms with van der Waals surface area (Å²) in [7, 11) is 4.19. The summed E-state index contributed by atoms with van der Waals surface area (Å²) < 4.78 is 3.99. The monoisotopic (exact) mass is 214 g/mol. The summed E-state index contributed by atoms with van der Waals surface area (Å²) in [5, 5.41) is 4.36. The second-order valence-corrected chi connectivity index (χ2v) is 4.36. The van der Waals surface area contributed by atoms with E-state index < -0.39 is 0 Å². The van der Waals surface area contributed by atoms with Crippen LogP contribution in [0, 0.1) is 0 Å². The van der Waals surface area contributed by atoms with Crippen LogP contribution >= 0.6 is 11.5 Å². The molecule has 0 saturated carbocycles. The van der Waals surface area contributed by atoms with Crippen molar-refractivity contribution in [1.82, 2.24) is 9.27 Å². The van der Waals surface area contributed by atoms with Gasteiger partial charge < -0.3 is 16.0 Å². The Labute approximate surface area is 89.3 Å². The second-order valence-electron chi connectivity index (χ2n) is 3.55. The smallest absolute Gasteiger partial charge is 0.139 e. The Morgan fingerprint density at radius 1 is 1.50 bits per heavy atom. The van der Waals surface area contributed by atoms with E-state index in [9.17, 15) is 0 Å². The molecule has 0 radical (unpaired) electrons. The molecule has 1 rings (SSSR count). The van der Waals surface area contributed by atoms with Crippen molar-refractivity contribution in [3.8, 4) is 0 Å². The van der Waals surface area contributed by atoms with Crippen molar-refractivity contribution >= 4 is 22.4 Å². The van der Waals surface area contributed by atoms with E-state index in [0.29, 0.717) is 5.82 Å². The number of nitrogen functional groups attached to an aromatic ring is 1. The normalized spacial score (nSPS) is 10.8. The SMILES string of the molecule is CN(C)CCCCNc1cc(N)ns1. The van der Waals surface area contributed by atoms with E-state index in [-0.39, 0.29) is 0 Å². The van der Waals surface area contributed by atoms with Crippen LogP contribution in [0.15, 0.2) is 6.07 Å². The van der Waals surface area contributed by atoms with Crippen LogP contribution in [0.25, 0.3) is 0 Å². The maximum absolute atomic E-state index is 5.50. The average molecular weight is 214 g/mol. The molecule has 0 aliphatic rings. The number of anilines is 2. The lowest BCUT2D eigenvalue weighted by Crippen LogP contribution is -2.14. The Bertz CT molecular complexity index is 259. The van der Waals surface area contributed by atoms with Gasteiger partial charge in [-0.2, -0.15) is 4.37 Å². The molecule has 5 heteroatoms. The number of rotatable bonds is 6. The van der Waals surface area contributed by atoms with E-state index in [0.717, 1.165) is 18.1 Å². The summed E-state index contributed by atoms with van der Waals surface area (Å²) in [6.07, 6.45) is 2.39. The molecule has 1 aromatic rings. The van der Waals surface area contributed by atoms with Crippen LogP contribution in [-0.2, 0) is 0 Å². The molecule has 0 amide bonds. The van der Waals surface area contributed by atoms with Crippen molar-refractivity contribution in [2.45, 2.75) is 12.8 Å². The van der Waals surface area contributed by atoms with Gasteiger partial charge in [-0.05, 0) is 45.0 Å². The van der Waals surface area contributed by atoms with Gasteiger partial charge in [-0.25, -0.2) is 0 Å². The van der Waals surface area contributed by atoms with Crippen molar-refractivity contribution < 1.29 is 0 Å². The second kappa shape index (κ2) is 5.82. The van der Waals surface area contributed by atoms with Crippen LogP contribution in [-0.4, -0.2) is 36.5 Å². The molecule has 0 bridgehead atoms. The molecule has 1 heterocycles. The molecule has 3 N–H and O–H groups in total. The summed E-state index contributed by atoms with van der Waals surface area (Å²) in [5.74, 6) is 0.603. The van der Waals surface area contributed by atoms with Gasteiger partial charge in [0.25, 0.3) is 0 Å². The van der Waals surface area contributed by atoms with Gasteiger partial charge >= 0.3 is 0 Å². The van der Waals surface area contributed by atoms with Gasteiger partial charge in [-0.15, -0.1) is 0 Å². The quantitative estimate of drug-likeness (QED) is 0.704. The Balaban J connectivity index is 2.04. The Morgan fingerprint density at radius 2 is 2.29 bits per heavy atom. The van der Waals surface area contributed by atoms with Crippen LogP contribution in [0.4, 0.5) is 10.8 Å². The molecule has 0 fully saturated rings. The summed E-state index contributed by atoms with van der Waals surface area (Å²) in [5.41, 5.74) is 5.50. The Morgan fingerprint density at radius 3 is 2.86 bits per heavy atom. The van der Waals surface area contributed by atoms with Gasteiger partial charge in [0.2, 0.25) is 0 Å². The molecular formula is C9H18N4S. The fourth-order valence-corrected chi connectivity index (χ4v) is 1.73. The van der Waals surface area contributed by atoms with Crippen molar-refractivity contribution in [2.75, 3.05) is 38.2 Å². The van der Waals surface area contributed by atoms with Crippen molar-refractivity contribution in [3.05, 3.63) is 6.07 Å². The maximum Gasteiger partial charge on any atom is 0.139 e. The van der Waals surface area contributed by atoms with E-state index in [1.165, 1.54) is 24.4 Å². The summed E-state index contributed by atoms with van der Waals surface area (Å²) >= 11 is 1.42. The van der Waals surface area contributed by atoms with Crippen molar-refractivity contribution in [1.29, 1.82) is 0 Å². The van der Waals surface area contributed by atoms with Gasteiger partial charge in [-0.1, -0.05) is 0 Å². The number of nitrogens with two attached hydrogens (primary N) is 1. The average Bonchev–Trinajstić information content (AvgIpc) is 2.50. The predicted molar refractivity (Wildman–Crippen MR) is 62.8 cm³/mol. The molecule has 0 atom stereocenters. The van der Waals surface area contributed by atoms with Gasteiger partial charge in [0.05, 0.1) is 0 Å². The first kappa shape index (κ1) is 11.3. The molecule has 0 aliphatic heterocycles. The zero-order valence-corrected chi connectivity index (χ0v) is 9.60. The topological polar surface area (TPSA) is 54.2 Å². The zero-order valence-electron chi connectivity index (χ0n) is 8.79. The third kappa shape index (κ3) is 4.43. The van der Waals surface area contributed by atoms with E-state index in [1.54, 1.807) is 0 Å². The standard InChI is InChI=1S/C9H18N4S/c1-13(2)6-4-3-5-11-9-7-8(10)12-14-9/h7,11H,3-6H2,1-2H3,(H2,10,12). The van der Waals surface area contributed by atoms with E-state index in [2.05, 4.69) is 28.7 Å². The number of unbranched alkanes of at least 4 members (excludes halogenated alkanes) is 1. The van der Waals surface area contributed by atoms with Gasteiger partial charge in [-0.3, -0.25) is 0 Å². The minimum atomic E-state index is 0.603.